The summed E-state index contributed by atoms with van der Waals surface area (Å²) in [7, 11) is 0. The lowest BCUT2D eigenvalue weighted by atomic mass is 9.97. The molecule has 1 heterocycles. The van der Waals surface area contributed by atoms with Gasteiger partial charge in [0.15, 0.2) is 0 Å². The third-order valence-corrected chi connectivity index (χ3v) is 4.85. The number of para-hydroxylation sites is 1. The van der Waals surface area contributed by atoms with Gasteiger partial charge in [-0.05, 0) is 50.2 Å². The minimum Gasteiger partial charge on any atom is -0.433 e. The Kier molecular flexibility index (Phi) is 4.80. The number of halogens is 2. The number of aryl methyl sites for hydroxylation is 1. The molecule has 1 saturated carbocycles. The van der Waals surface area contributed by atoms with Crippen LogP contribution in [0.1, 0.15) is 31.7 Å². The van der Waals surface area contributed by atoms with Gasteiger partial charge >= 0.3 is 6.61 Å². The molecule has 1 atom stereocenters. The second-order valence-electron chi connectivity index (χ2n) is 6.80. The third kappa shape index (κ3) is 3.84. The van der Waals surface area contributed by atoms with Crippen LogP contribution in [0.5, 0.6) is 5.75 Å². The van der Waals surface area contributed by atoms with E-state index < -0.39 is 12.2 Å². The number of anilines is 1. The quantitative estimate of drug-likeness (QED) is 0.858. The second-order valence-corrected chi connectivity index (χ2v) is 6.80. The Morgan fingerprint density at radius 3 is 2.92 bits per heavy atom. The van der Waals surface area contributed by atoms with Gasteiger partial charge in [-0.25, -0.2) is 0 Å². The van der Waals surface area contributed by atoms with E-state index in [4.69, 9.17) is 0 Å². The van der Waals surface area contributed by atoms with Crippen LogP contribution in [-0.4, -0.2) is 31.1 Å². The molecule has 1 N–H and O–H groups in total. The largest absolute Gasteiger partial charge is 0.433 e. The summed E-state index contributed by atoms with van der Waals surface area (Å²) in [6.45, 7) is -0.587. The van der Waals surface area contributed by atoms with Crippen molar-refractivity contribution in [2.75, 3.05) is 18.0 Å². The molecule has 1 fully saturated rings. The van der Waals surface area contributed by atoms with Gasteiger partial charge in [0.2, 0.25) is 5.91 Å². The number of nitriles is 1. The first-order valence-corrected chi connectivity index (χ1v) is 8.47. The van der Waals surface area contributed by atoms with Crippen molar-refractivity contribution in [3.05, 3.63) is 23.8 Å². The van der Waals surface area contributed by atoms with E-state index in [1.165, 1.54) is 6.07 Å². The highest BCUT2D eigenvalue weighted by Crippen LogP contribution is 2.40. The van der Waals surface area contributed by atoms with E-state index in [2.05, 4.69) is 16.1 Å². The van der Waals surface area contributed by atoms with Crippen molar-refractivity contribution in [2.24, 2.45) is 5.92 Å². The minimum absolute atomic E-state index is 0.0145. The summed E-state index contributed by atoms with van der Waals surface area (Å²) in [5, 5.41) is 12.2. The Morgan fingerprint density at radius 1 is 1.52 bits per heavy atom. The van der Waals surface area contributed by atoms with Gasteiger partial charge in [0.05, 0.1) is 18.3 Å². The monoisotopic (exact) mass is 349 g/mol. The molecule has 7 heteroatoms. The first-order chi connectivity index (χ1) is 11.9. The summed E-state index contributed by atoms with van der Waals surface area (Å²) in [6.07, 6.45) is 3.45. The minimum atomic E-state index is -2.92. The fourth-order valence-corrected chi connectivity index (χ4v) is 3.43. The average Bonchev–Trinajstić information content (AvgIpc) is 3.40. The summed E-state index contributed by atoms with van der Waals surface area (Å²) in [5.74, 6) is -0.00583. The standard InChI is InChI=1S/C18H21F2N3O2/c1-18(11-21,13-7-8-13)22-15(24)10-23-9-3-5-12-4-2-6-14(16(12)23)25-17(19)20/h2,4,6,13,17H,3,5,7-10H2,1H3,(H,22,24). The smallest absolute Gasteiger partial charge is 0.387 e. The molecule has 0 saturated heterocycles. The molecular formula is C18H21F2N3O2. The third-order valence-electron chi connectivity index (χ3n) is 4.85. The zero-order chi connectivity index (χ0) is 18.0. The molecule has 2 aliphatic rings. The molecule has 1 aliphatic carbocycles. The highest BCUT2D eigenvalue weighted by Gasteiger charge is 2.43. The van der Waals surface area contributed by atoms with E-state index in [0.29, 0.717) is 12.2 Å². The number of amides is 1. The van der Waals surface area contributed by atoms with Gasteiger partial charge in [-0.1, -0.05) is 12.1 Å². The van der Waals surface area contributed by atoms with E-state index in [9.17, 15) is 18.8 Å². The Bertz CT molecular complexity index is 700. The summed E-state index contributed by atoms with van der Waals surface area (Å²) in [6, 6.07) is 7.22. The maximum absolute atomic E-state index is 12.7. The lowest BCUT2D eigenvalue weighted by Crippen LogP contribution is -2.50. The predicted octanol–water partition coefficient (Wildman–Crippen LogP) is 2.85. The number of hydrogen-bond donors (Lipinski definition) is 1. The van der Waals surface area contributed by atoms with Crippen LogP contribution in [0.3, 0.4) is 0 Å². The van der Waals surface area contributed by atoms with Crippen molar-refractivity contribution >= 4 is 11.6 Å². The number of rotatable bonds is 6. The highest BCUT2D eigenvalue weighted by molar-refractivity contribution is 5.84. The van der Waals surface area contributed by atoms with Crippen molar-refractivity contribution in [1.82, 2.24) is 5.32 Å². The van der Waals surface area contributed by atoms with E-state index in [-0.39, 0.29) is 24.1 Å². The van der Waals surface area contributed by atoms with Crippen LogP contribution in [-0.2, 0) is 11.2 Å². The first kappa shape index (κ1) is 17.5. The number of alkyl halides is 2. The molecule has 1 aromatic carbocycles. The van der Waals surface area contributed by atoms with Gasteiger partial charge in [-0.3, -0.25) is 4.79 Å². The number of carbonyl (C=O) groups excluding carboxylic acids is 1. The molecule has 0 aromatic heterocycles. The Balaban J connectivity index is 1.76. The summed E-state index contributed by atoms with van der Waals surface area (Å²) < 4.78 is 30.0. The van der Waals surface area contributed by atoms with Crippen LogP contribution < -0.4 is 15.0 Å². The molecule has 1 amide bonds. The number of ether oxygens (including phenoxy) is 1. The summed E-state index contributed by atoms with van der Waals surface area (Å²) in [4.78, 5) is 14.2. The SMILES string of the molecule is CC(C#N)(NC(=O)CN1CCCc2cccc(OC(F)F)c21)C1CC1. The maximum atomic E-state index is 12.7. The van der Waals surface area contributed by atoms with Crippen molar-refractivity contribution in [3.8, 4) is 11.8 Å². The summed E-state index contributed by atoms with van der Waals surface area (Å²) in [5.41, 5.74) is 0.575. The van der Waals surface area contributed by atoms with E-state index in [1.807, 2.05) is 6.07 Å². The summed E-state index contributed by atoms with van der Waals surface area (Å²) >= 11 is 0. The zero-order valence-corrected chi connectivity index (χ0v) is 14.1. The number of nitrogens with zero attached hydrogens (tertiary/aromatic N) is 2. The van der Waals surface area contributed by atoms with Crippen LogP contribution in [0.4, 0.5) is 14.5 Å². The number of benzene rings is 1. The molecule has 3 rings (SSSR count). The van der Waals surface area contributed by atoms with Gasteiger partial charge < -0.3 is 15.0 Å². The van der Waals surface area contributed by atoms with Crippen LogP contribution >= 0.6 is 0 Å². The van der Waals surface area contributed by atoms with Crippen molar-refractivity contribution in [1.29, 1.82) is 5.26 Å². The maximum Gasteiger partial charge on any atom is 0.387 e. The Morgan fingerprint density at radius 2 is 2.28 bits per heavy atom. The number of carbonyl (C=O) groups is 1. The molecule has 5 nitrogen and oxygen atoms in total. The fraction of sp³-hybridized carbons (Fsp3) is 0.556. The Labute approximate surface area is 145 Å². The van der Waals surface area contributed by atoms with Crippen molar-refractivity contribution in [2.45, 2.75) is 44.8 Å². The van der Waals surface area contributed by atoms with Crippen LogP contribution in [0.15, 0.2) is 18.2 Å². The number of fused-ring (bicyclic) bond motifs is 1. The Hall–Kier alpha value is -2.36. The fourth-order valence-electron chi connectivity index (χ4n) is 3.43. The average molecular weight is 349 g/mol. The molecule has 0 bridgehead atoms. The lowest BCUT2D eigenvalue weighted by molar-refractivity contribution is -0.121. The predicted molar refractivity (Wildman–Crippen MR) is 88.5 cm³/mol. The van der Waals surface area contributed by atoms with Crippen LogP contribution in [0, 0.1) is 17.2 Å². The molecule has 1 aromatic rings. The van der Waals surface area contributed by atoms with E-state index in [1.54, 1.807) is 17.9 Å². The van der Waals surface area contributed by atoms with Crippen LogP contribution in [0.25, 0.3) is 0 Å². The topological polar surface area (TPSA) is 65.4 Å². The lowest BCUT2D eigenvalue weighted by Gasteiger charge is -2.33. The van der Waals surface area contributed by atoms with Gasteiger partial charge in [0.25, 0.3) is 0 Å². The van der Waals surface area contributed by atoms with Crippen molar-refractivity contribution in [3.63, 3.8) is 0 Å². The molecule has 1 aliphatic heterocycles. The van der Waals surface area contributed by atoms with E-state index in [0.717, 1.165) is 31.2 Å². The van der Waals surface area contributed by atoms with Gasteiger partial charge in [0.1, 0.15) is 11.3 Å². The first-order valence-electron chi connectivity index (χ1n) is 8.47. The molecule has 0 spiro atoms. The second kappa shape index (κ2) is 6.87. The molecule has 25 heavy (non-hydrogen) atoms. The van der Waals surface area contributed by atoms with Gasteiger partial charge in [-0.2, -0.15) is 14.0 Å². The molecule has 1 unspecified atom stereocenters. The molecular weight excluding hydrogens is 328 g/mol. The van der Waals surface area contributed by atoms with Gasteiger partial charge in [-0.15, -0.1) is 0 Å². The number of hydrogen-bond acceptors (Lipinski definition) is 4. The van der Waals surface area contributed by atoms with Crippen molar-refractivity contribution < 1.29 is 18.3 Å². The highest BCUT2D eigenvalue weighted by atomic mass is 19.3. The van der Waals surface area contributed by atoms with E-state index >= 15 is 0 Å². The molecule has 0 radical (unpaired) electrons. The molecule has 134 valence electrons. The van der Waals surface area contributed by atoms with Crippen LogP contribution in [0.2, 0.25) is 0 Å². The number of nitrogens with one attached hydrogen (secondary N) is 1. The normalized spacial score (nSPS) is 18.9. The van der Waals surface area contributed by atoms with Gasteiger partial charge in [0, 0.05) is 6.54 Å². The zero-order valence-electron chi connectivity index (χ0n) is 14.1.